The van der Waals surface area contributed by atoms with Crippen molar-refractivity contribution < 1.29 is 13.2 Å². The van der Waals surface area contributed by atoms with Crippen molar-refractivity contribution >= 4 is 33.2 Å². The number of carbonyl (C=O) groups excluding carboxylic acids is 1. The number of nitrogens with zero attached hydrogens (tertiary/aromatic N) is 1. The minimum atomic E-state index is -3.24. The van der Waals surface area contributed by atoms with E-state index >= 15 is 0 Å². The standard InChI is InChI=1S/C18H19ClN2O3S/c19-17-6-2-1-5-15(17)13-20-18(22)14-7-9-16(10-8-14)21-11-3-4-12-25(21,23)24/h1-2,5-10H,3-4,11-13H2,(H,20,22). The van der Waals surface area contributed by atoms with Crippen molar-refractivity contribution in [2.75, 3.05) is 16.6 Å². The van der Waals surface area contributed by atoms with Crippen molar-refractivity contribution in [1.29, 1.82) is 0 Å². The lowest BCUT2D eigenvalue weighted by Gasteiger charge is -2.28. The van der Waals surface area contributed by atoms with Gasteiger partial charge in [0.2, 0.25) is 10.0 Å². The molecule has 1 fully saturated rings. The Labute approximate surface area is 152 Å². The summed E-state index contributed by atoms with van der Waals surface area (Å²) in [5.41, 5.74) is 1.92. The number of benzene rings is 2. The number of amides is 1. The molecule has 0 unspecified atom stereocenters. The molecule has 1 aliphatic rings. The highest BCUT2D eigenvalue weighted by Gasteiger charge is 2.25. The number of hydrogen-bond donors (Lipinski definition) is 1. The summed E-state index contributed by atoms with van der Waals surface area (Å²) in [6, 6.07) is 14.0. The largest absolute Gasteiger partial charge is 0.348 e. The number of halogens is 1. The molecule has 132 valence electrons. The van der Waals surface area contributed by atoms with E-state index < -0.39 is 10.0 Å². The Morgan fingerprint density at radius 1 is 1.08 bits per heavy atom. The quantitative estimate of drug-likeness (QED) is 0.888. The van der Waals surface area contributed by atoms with E-state index in [0.717, 1.165) is 12.0 Å². The smallest absolute Gasteiger partial charge is 0.251 e. The first-order valence-electron chi connectivity index (χ1n) is 8.09. The fraction of sp³-hybridized carbons (Fsp3) is 0.278. The molecule has 5 nitrogen and oxygen atoms in total. The number of hydrogen-bond acceptors (Lipinski definition) is 3. The fourth-order valence-electron chi connectivity index (χ4n) is 2.78. The molecule has 0 saturated carbocycles. The van der Waals surface area contributed by atoms with Gasteiger partial charge in [0.15, 0.2) is 0 Å². The second kappa shape index (κ2) is 7.45. The van der Waals surface area contributed by atoms with E-state index in [9.17, 15) is 13.2 Å². The summed E-state index contributed by atoms with van der Waals surface area (Å²) in [6.07, 6.45) is 1.54. The van der Waals surface area contributed by atoms with Crippen molar-refractivity contribution in [1.82, 2.24) is 5.32 Å². The molecular formula is C18H19ClN2O3S. The maximum atomic E-state index is 12.3. The summed E-state index contributed by atoms with van der Waals surface area (Å²) in [4.78, 5) is 12.3. The Morgan fingerprint density at radius 3 is 2.48 bits per heavy atom. The van der Waals surface area contributed by atoms with E-state index in [0.29, 0.717) is 35.8 Å². The molecule has 2 aromatic rings. The van der Waals surface area contributed by atoms with Crippen molar-refractivity contribution in [3.05, 3.63) is 64.7 Å². The lowest BCUT2D eigenvalue weighted by atomic mass is 10.1. The molecule has 3 rings (SSSR count). The molecule has 0 aromatic heterocycles. The summed E-state index contributed by atoms with van der Waals surface area (Å²) >= 11 is 6.07. The minimum absolute atomic E-state index is 0.174. The van der Waals surface area contributed by atoms with Crippen LogP contribution in [0, 0.1) is 0 Å². The second-order valence-electron chi connectivity index (χ2n) is 5.92. The Kier molecular flexibility index (Phi) is 5.30. The topological polar surface area (TPSA) is 66.5 Å². The molecule has 0 radical (unpaired) electrons. The van der Waals surface area contributed by atoms with Crippen LogP contribution >= 0.6 is 11.6 Å². The van der Waals surface area contributed by atoms with Gasteiger partial charge in [0.1, 0.15) is 0 Å². The minimum Gasteiger partial charge on any atom is -0.348 e. The van der Waals surface area contributed by atoms with Crippen LogP contribution in [0.15, 0.2) is 48.5 Å². The average molecular weight is 379 g/mol. The lowest BCUT2D eigenvalue weighted by Crippen LogP contribution is -2.37. The molecule has 1 saturated heterocycles. The zero-order valence-corrected chi connectivity index (χ0v) is 15.2. The van der Waals surface area contributed by atoms with Gasteiger partial charge >= 0.3 is 0 Å². The van der Waals surface area contributed by atoms with Crippen LogP contribution in [0.25, 0.3) is 0 Å². The predicted octanol–water partition coefficient (Wildman–Crippen LogP) is 3.20. The Bertz CT molecular complexity index is 866. The maximum Gasteiger partial charge on any atom is 0.251 e. The second-order valence-corrected chi connectivity index (χ2v) is 8.34. The van der Waals surface area contributed by atoms with Gasteiger partial charge in [0.25, 0.3) is 5.91 Å². The van der Waals surface area contributed by atoms with Crippen molar-refractivity contribution in [2.45, 2.75) is 19.4 Å². The molecule has 1 amide bonds. The molecule has 1 aliphatic heterocycles. The van der Waals surface area contributed by atoms with Crippen LogP contribution in [0.2, 0.25) is 5.02 Å². The molecule has 1 N–H and O–H groups in total. The molecule has 1 heterocycles. The van der Waals surface area contributed by atoms with Gasteiger partial charge in [0.05, 0.1) is 11.4 Å². The third kappa shape index (κ3) is 4.14. The summed E-state index contributed by atoms with van der Waals surface area (Å²) < 4.78 is 25.7. The number of nitrogens with one attached hydrogen (secondary N) is 1. The van der Waals surface area contributed by atoms with Crippen LogP contribution in [0.4, 0.5) is 5.69 Å². The van der Waals surface area contributed by atoms with Gasteiger partial charge in [0, 0.05) is 23.7 Å². The lowest BCUT2D eigenvalue weighted by molar-refractivity contribution is 0.0951. The normalized spacial score (nSPS) is 16.4. The van der Waals surface area contributed by atoms with Crippen LogP contribution in [0.3, 0.4) is 0 Å². The first-order valence-corrected chi connectivity index (χ1v) is 10.1. The summed E-state index contributed by atoms with van der Waals surface area (Å²) in [5.74, 6) is -0.0550. The molecular weight excluding hydrogens is 360 g/mol. The van der Waals surface area contributed by atoms with Gasteiger partial charge in [-0.2, -0.15) is 0 Å². The zero-order valence-electron chi connectivity index (χ0n) is 13.6. The van der Waals surface area contributed by atoms with E-state index in [1.54, 1.807) is 30.3 Å². The molecule has 0 bridgehead atoms. The highest BCUT2D eigenvalue weighted by molar-refractivity contribution is 7.92. The SMILES string of the molecule is O=C(NCc1ccccc1Cl)c1ccc(N2CCCCS2(=O)=O)cc1. The van der Waals surface area contributed by atoms with E-state index in [1.165, 1.54) is 4.31 Å². The van der Waals surface area contributed by atoms with Crippen LogP contribution in [0.5, 0.6) is 0 Å². The number of carbonyl (C=O) groups is 1. The molecule has 0 atom stereocenters. The first-order chi connectivity index (χ1) is 12.0. The highest BCUT2D eigenvalue weighted by atomic mass is 35.5. The first kappa shape index (κ1) is 17.8. The molecule has 25 heavy (non-hydrogen) atoms. The van der Waals surface area contributed by atoms with Crippen molar-refractivity contribution in [2.24, 2.45) is 0 Å². The predicted molar refractivity (Wildman–Crippen MR) is 99.4 cm³/mol. The van der Waals surface area contributed by atoms with Gasteiger partial charge in [-0.05, 0) is 48.7 Å². The monoisotopic (exact) mass is 378 g/mol. The van der Waals surface area contributed by atoms with Crippen LogP contribution in [-0.4, -0.2) is 26.6 Å². The zero-order chi connectivity index (χ0) is 17.9. The number of rotatable bonds is 4. The summed E-state index contributed by atoms with van der Waals surface area (Å²) in [7, 11) is -3.24. The third-order valence-electron chi connectivity index (χ3n) is 4.16. The highest BCUT2D eigenvalue weighted by Crippen LogP contribution is 2.23. The number of anilines is 1. The number of sulfonamides is 1. The van der Waals surface area contributed by atoms with E-state index in [-0.39, 0.29) is 11.7 Å². The Balaban J connectivity index is 1.67. The average Bonchev–Trinajstić information content (AvgIpc) is 2.61. The third-order valence-corrected chi connectivity index (χ3v) is 6.40. The van der Waals surface area contributed by atoms with Crippen molar-refractivity contribution in [3.63, 3.8) is 0 Å². The van der Waals surface area contributed by atoms with Crippen LogP contribution in [0.1, 0.15) is 28.8 Å². The van der Waals surface area contributed by atoms with E-state index in [4.69, 9.17) is 11.6 Å². The fourth-order valence-corrected chi connectivity index (χ4v) is 4.62. The Morgan fingerprint density at radius 2 is 1.80 bits per heavy atom. The Hall–Kier alpha value is -2.05. The van der Waals surface area contributed by atoms with Gasteiger partial charge in [-0.3, -0.25) is 9.10 Å². The van der Waals surface area contributed by atoms with Gasteiger partial charge in [-0.25, -0.2) is 8.42 Å². The van der Waals surface area contributed by atoms with Crippen LogP contribution < -0.4 is 9.62 Å². The van der Waals surface area contributed by atoms with E-state index in [2.05, 4.69) is 5.32 Å². The van der Waals surface area contributed by atoms with Crippen molar-refractivity contribution in [3.8, 4) is 0 Å². The molecule has 0 spiro atoms. The van der Waals surface area contributed by atoms with E-state index in [1.807, 2.05) is 18.2 Å². The summed E-state index contributed by atoms with van der Waals surface area (Å²) in [5, 5.41) is 3.42. The molecule has 7 heteroatoms. The van der Waals surface area contributed by atoms with Gasteiger partial charge < -0.3 is 5.32 Å². The molecule has 0 aliphatic carbocycles. The van der Waals surface area contributed by atoms with Gasteiger partial charge in [-0.15, -0.1) is 0 Å². The maximum absolute atomic E-state index is 12.3. The summed E-state index contributed by atoms with van der Waals surface area (Å²) in [6.45, 7) is 0.821. The molecule has 2 aromatic carbocycles. The van der Waals surface area contributed by atoms with Gasteiger partial charge in [-0.1, -0.05) is 29.8 Å². The van der Waals surface area contributed by atoms with Crippen LogP contribution in [-0.2, 0) is 16.6 Å².